The number of nitrogens with zero attached hydrogens (tertiary/aromatic N) is 3. The molecule has 4 aliphatic rings. The molecule has 0 unspecified atom stereocenters. The van der Waals surface area contributed by atoms with Crippen LogP contribution in [0.25, 0.3) is 0 Å². The summed E-state index contributed by atoms with van der Waals surface area (Å²) in [6.45, 7) is 13.1. The molecule has 13 heteroatoms. The van der Waals surface area contributed by atoms with E-state index in [1.165, 1.54) is 60.9 Å². The van der Waals surface area contributed by atoms with E-state index in [1.807, 2.05) is 20.8 Å². The Labute approximate surface area is 326 Å². The van der Waals surface area contributed by atoms with Crippen molar-refractivity contribution in [3.63, 3.8) is 0 Å². The van der Waals surface area contributed by atoms with Crippen LogP contribution in [0.3, 0.4) is 0 Å². The summed E-state index contributed by atoms with van der Waals surface area (Å²) >= 11 is 0. The van der Waals surface area contributed by atoms with E-state index in [1.54, 1.807) is 20.8 Å². The lowest BCUT2D eigenvalue weighted by atomic mass is 10.1. The van der Waals surface area contributed by atoms with E-state index in [2.05, 4.69) is 63.5 Å². The molecule has 4 aliphatic heterocycles. The van der Waals surface area contributed by atoms with Gasteiger partial charge in [-0.1, -0.05) is 36.4 Å². The number of carbonyl (C=O) groups is 5. The SMILES string of the molecule is COC(=O)[C@@H]1CC(=O)CN1C(=O)OC(C)(C)C.COC(=O)[C@@H]1C[C@H](N2CCCCc3ccccc32)CN1C(=O)OC(C)(C)C.c1ccc2c(c1)CCCCN2. The van der Waals surface area contributed by atoms with E-state index in [0.29, 0.717) is 13.0 Å². The minimum absolute atomic E-state index is 0.00802. The summed E-state index contributed by atoms with van der Waals surface area (Å²) in [7, 11) is 2.59. The Morgan fingerprint density at radius 1 is 0.709 bits per heavy atom. The van der Waals surface area contributed by atoms with Crippen LogP contribution >= 0.6 is 0 Å². The molecule has 13 nitrogen and oxygen atoms in total. The maximum atomic E-state index is 12.7. The van der Waals surface area contributed by atoms with Crippen molar-refractivity contribution in [2.75, 3.05) is 50.6 Å². The number of rotatable bonds is 3. The maximum absolute atomic E-state index is 12.7. The molecule has 2 fully saturated rings. The lowest BCUT2D eigenvalue weighted by Crippen LogP contribution is -2.44. The van der Waals surface area contributed by atoms with Gasteiger partial charge in [-0.2, -0.15) is 0 Å². The van der Waals surface area contributed by atoms with Crippen molar-refractivity contribution >= 4 is 41.3 Å². The van der Waals surface area contributed by atoms with E-state index in [9.17, 15) is 24.0 Å². The second kappa shape index (κ2) is 19.2. The Bertz CT molecular complexity index is 1620. The fourth-order valence-electron chi connectivity index (χ4n) is 7.14. The number of carbonyl (C=O) groups excluding carboxylic acids is 5. The Morgan fingerprint density at radius 3 is 1.93 bits per heavy atom. The van der Waals surface area contributed by atoms with Crippen LogP contribution in [0.1, 0.15) is 91.2 Å². The number of anilines is 2. The predicted molar refractivity (Wildman–Crippen MR) is 210 cm³/mol. The highest BCUT2D eigenvalue weighted by Gasteiger charge is 2.45. The zero-order valence-corrected chi connectivity index (χ0v) is 33.9. The zero-order valence-electron chi connectivity index (χ0n) is 33.9. The molecule has 6 rings (SSSR count). The predicted octanol–water partition coefficient (Wildman–Crippen LogP) is 6.55. The molecule has 4 heterocycles. The fraction of sp³-hybridized carbons (Fsp3) is 0.595. The molecule has 2 aromatic rings. The van der Waals surface area contributed by atoms with Crippen LogP contribution in [0.15, 0.2) is 48.5 Å². The van der Waals surface area contributed by atoms with Gasteiger partial charge in [-0.25, -0.2) is 19.2 Å². The zero-order chi connectivity index (χ0) is 40.3. The molecule has 55 heavy (non-hydrogen) atoms. The minimum atomic E-state index is -0.859. The normalized spacial score (nSPS) is 20.8. The van der Waals surface area contributed by atoms with Crippen molar-refractivity contribution < 1.29 is 42.9 Å². The number of nitrogens with one attached hydrogen (secondary N) is 1. The molecular formula is C42H60N4O9. The largest absolute Gasteiger partial charge is 0.467 e. The number of Topliss-reactive ketones (excluding diaryl/α,β-unsaturated/α-hetero) is 1. The second-order valence-electron chi connectivity index (χ2n) is 16.3. The van der Waals surface area contributed by atoms with Gasteiger partial charge in [0.25, 0.3) is 0 Å². The van der Waals surface area contributed by atoms with Gasteiger partial charge in [-0.15, -0.1) is 0 Å². The van der Waals surface area contributed by atoms with Crippen LogP contribution in [0.2, 0.25) is 0 Å². The number of benzene rings is 2. The third-order valence-electron chi connectivity index (χ3n) is 9.67. The summed E-state index contributed by atoms with van der Waals surface area (Å²) in [5.41, 5.74) is 4.10. The third-order valence-corrected chi connectivity index (χ3v) is 9.67. The summed E-state index contributed by atoms with van der Waals surface area (Å²) in [6, 6.07) is 15.6. The molecule has 0 spiro atoms. The smallest absolute Gasteiger partial charge is 0.411 e. The molecule has 0 saturated carbocycles. The Kier molecular flexibility index (Phi) is 15.0. The van der Waals surface area contributed by atoms with Crippen molar-refractivity contribution in [1.29, 1.82) is 0 Å². The van der Waals surface area contributed by atoms with Crippen molar-refractivity contribution in [3.8, 4) is 0 Å². The van der Waals surface area contributed by atoms with Crippen LogP contribution in [-0.4, -0.2) is 109 Å². The fourth-order valence-corrected chi connectivity index (χ4v) is 7.14. The lowest BCUT2D eigenvalue weighted by molar-refractivity contribution is -0.146. The van der Waals surface area contributed by atoms with Crippen LogP contribution < -0.4 is 10.2 Å². The molecule has 0 aromatic heterocycles. The number of methoxy groups -OCH3 is 2. The molecule has 2 amide bonds. The molecule has 2 aromatic carbocycles. The van der Waals surface area contributed by atoms with Gasteiger partial charge in [0.05, 0.1) is 20.8 Å². The average Bonchev–Trinajstić information content (AvgIpc) is 3.58. The monoisotopic (exact) mass is 764 g/mol. The van der Waals surface area contributed by atoms with Crippen molar-refractivity contribution in [1.82, 2.24) is 9.80 Å². The number of likely N-dealkylation sites (tertiary alicyclic amines) is 2. The van der Waals surface area contributed by atoms with Gasteiger partial charge in [0.2, 0.25) is 0 Å². The number of amides is 2. The first-order valence-corrected chi connectivity index (χ1v) is 19.3. The Hall–Kier alpha value is -4.81. The third kappa shape index (κ3) is 12.3. The molecule has 0 radical (unpaired) electrons. The van der Waals surface area contributed by atoms with Crippen molar-refractivity contribution in [2.24, 2.45) is 0 Å². The van der Waals surface area contributed by atoms with Gasteiger partial charge in [0, 0.05) is 49.9 Å². The van der Waals surface area contributed by atoms with Gasteiger partial charge < -0.3 is 29.2 Å². The first kappa shape index (κ1) is 42.9. The van der Waals surface area contributed by atoms with Crippen LogP contribution in [-0.2, 0) is 46.2 Å². The molecule has 2 saturated heterocycles. The maximum Gasteiger partial charge on any atom is 0.411 e. The van der Waals surface area contributed by atoms with Crippen LogP contribution in [0, 0.1) is 0 Å². The van der Waals surface area contributed by atoms with Crippen molar-refractivity contribution in [3.05, 3.63) is 59.7 Å². The molecule has 302 valence electrons. The summed E-state index contributed by atoms with van der Waals surface area (Å²) < 4.78 is 20.2. The molecule has 0 aliphatic carbocycles. The number of ether oxygens (including phenoxy) is 4. The van der Waals surface area contributed by atoms with Crippen LogP contribution in [0.4, 0.5) is 21.0 Å². The average molecular weight is 765 g/mol. The topological polar surface area (TPSA) is 144 Å². The van der Waals surface area contributed by atoms with Gasteiger partial charge >= 0.3 is 24.1 Å². The second-order valence-corrected chi connectivity index (χ2v) is 16.3. The van der Waals surface area contributed by atoms with Gasteiger partial charge in [-0.05, 0) is 103 Å². The Morgan fingerprint density at radius 2 is 1.27 bits per heavy atom. The van der Waals surface area contributed by atoms with E-state index in [-0.39, 0.29) is 30.8 Å². The van der Waals surface area contributed by atoms with Gasteiger partial charge in [-0.3, -0.25) is 14.6 Å². The number of fused-ring (bicyclic) bond motifs is 2. The van der Waals surface area contributed by atoms with Crippen LogP contribution in [0.5, 0.6) is 0 Å². The summed E-state index contributed by atoms with van der Waals surface area (Å²) in [6.07, 6.45) is 6.60. The highest BCUT2D eigenvalue weighted by molar-refractivity contribution is 5.95. The minimum Gasteiger partial charge on any atom is -0.467 e. The van der Waals surface area contributed by atoms with E-state index in [4.69, 9.17) is 14.2 Å². The first-order valence-electron chi connectivity index (χ1n) is 19.3. The Balaban J connectivity index is 0.000000204. The first-order chi connectivity index (χ1) is 26.0. The van der Waals surface area contributed by atoms with Gasteiger partial charge in [0.1, 0.15) is 23.3 Å². The number of hydrogen-bond acceptors (Lipinski definition) is 11. The number of ketones is 1. The number of esters is 2. The number of hydrogen-bond donors (Lipinski definition) is 1. The van der Waals surface area contributed by atoms with E-state index >= 15 is 0 Å². The highest BCUT2D eigenvalue weighted by atomic mass is 16.6. The number of aryl methyl sites for hydroxylation is 2. The molecule has 0 bridgehead atoms. The van der Waals surface area contributed by atoms with Crippen molar-refractivity contribution in [2.45, 2.75) is 122 Å². The molecule has 1 N–H and O–H groups in total. The molecule has 3 atom stereocenters. The number of para-hydroxylation sites is 2. The van der Waals surface area contributed by atoms with E-state index < -0.39 is 41.4 Å². The lowest BCUT2D eigenvalue weighted by Gasteiger charge is -2.31. The summed E-state index contributed by atoms with van der Waals surface area (Å²) in [4.78, 5) is 64.6. The molecular weight excluding hydrogens is 704 g/mol. The summed E-state index contributed by atoms with van der Waals surface area (Å²) in [5, 5.41) is 3.43. The van der Waals surface area contributed by atoms with Gasteiger partial charge in [0.15, 0.2) is 5.78 Å². The van der Waals surface area contributed by atoms with E-state index in [0.717, 1.165) is 37.3 Å². The highest BCUT2D eigenvalue weighted by Crippen LogP contribution is 2.33. The standard InChI is InChI=1S/C21H30N2O4.C11H17NO5.C10H13N/c1-21(2,3)27-20(25)23-14-16(13-18(23)19(24)26-4)22-12-8-7-10-15-9-5-6-11-17(15)22;1-11(2,3)17-10(15)12-6-7(13)5-8(12)9(14)16-4;1-2-7-10-9(5-1)6-3-4-8-11-10/h5-6,9,11,16,18H,7-8,10,12-14H2,1-4H3;8H,5-6H2,1-4H3;1-2,5,7,11H,3-4,6,8H2/t16-,18-;8-;/m00./s1. The quantitative estimate of drug-likeness (QED) is 0.268. The summed E-state index contributed by atoms with van der Waals surface area (Å²) in [5.74, 6) is -1.15.